The van der Waals surface area contributed by atoms with Gasteiger partial charge in [-0.2, -0.15) is 9.67 Å². The number of hydrogen-bond acceptors (Lipinski definition) is 5. The molecule has 0 aliphatic heterocycles. The maximum Gasteiger partial charge on any atom is 0.250 e. The minimum atomic E-state index is -0.290. The molecule has 2 aromatic heterocycles. The van der Waals surface area contributed by atoms with Crippen molar-refractivity contribution in [2.75, 3.05) is 5.32 Å². The Kier molecular flexibility index (Phi) is 5.23. The van der Waals surface area contributed by atoms with Gasteiger partial charge in [0.2, 0.25) is 17.7 Å². The van der Waals surface area contributed by atoms with Gasteiger partial charge in [0.1, 0.15) is 5.82 Å². The third kappa shape index (κ3) is 4.12. The van der Waals surface area contributed by atoms with Crippen molar-refractivity contribution in [3.8, 4) is 11.6 Å². The second-order valence-corrected chi connectivity index (χ2v) is 5.63. The number of carbonyl (C=O) groups excluding carboxylic acids is 1. The average molecular weight is 342 g/mol. The highest BCUT2D eigenvalue weighted by molar-refractivity contribution is 5.81. The van der Waals surface area contributed by atoms with Gasteiger partial charge in [-0.15, -0.1) is 5.10 Å². The lowest BCUT2D eigenvalue weighted by Gasteiger charge is -2.07. The van der Waals surface area contributed by atoms with Crippen molar-refractivity contribution in [3.05, 3.63) is 54.0 Å². The van der Waals surface area contributed by atoms with Gasteiger partial charge in [-0.25, -0.2) is 4.39 Å². The van der Waals surface area contributed by atoms with E-state index in [-0.39, 0.29) is 11.7 Å². The summed E-state index contributed by atoms with van der Waals surface area (Å²) < 4.78 is 19.6. The molecule has 0 aliphatic carbocycles. The van der Waals surface area contributed by atoms with Crippen molar-refractivity contribution >= 4 is 11.9 Å². The van der Waals surface area contributed by atoms with Gasteiger partial charge in [-0.1, -0.05) is 25.5 Å². The van der Waals surface area contributed by atoms with Crippen LogP contribution in [0, 0.1) is 5.82 Å². The Morgan fingerprint density at radius 2 is 2.08 bits per heavy atom. The zero-order valence-electron chi connectivity index (χ0n) is 13.9. The summed E-state index contributed by atoms with van der Waals surface area (Å²) in [7, 11) is 0. The van der Waals surface area contributed by atoms with Gasteiger partial charge in [-0.3, -0.25) is 4.79 Å². The molecular formula is C18H19FN4O2. The molecule has 0 aliphatic rings. The molecule has 25 heavy (non-hydrogen) atoms. The highest BCUT2D eigenvalue weighted by Crippen LogP contribution is 2.19. The molecule has 1 aromatic carbocycles. The van der Waals surface area contributed by atoms with Crippen LogP contribution in [-0.4, -0.2) is 20.7 Å². The van der Waals surface area contributed by atoms with Gasteiger partial charge in [0.05, 0.1) is 6.26 Å². The fourth-order valence-electron chi connectivity index (χ4n) is 2.33. The molecule has 0 saturated carbocycles. The summed E-state index contributed by atoms with van der Waals surface area (Å²) in [5.41, 5.74) is 0.872. The molecule has 2 heterocycles. The van der Waals surface area contributed by atoms with E-state index in [1.54, 1.807) is 24.3 Å². The van der Waals surface area contributed by atoms with Crippen molar-refractivity contribution < 1.29 is 13.6 Å². The van der Waals surface area contributed by atoms with Crippen molar-refractivity contribution in [3.63, 3.8) is 0 Å². The highest BCUT2D eigenvalue weighted by Gasteiger charge is 2.18. The van der Waals surface area contributed by atoms with E-state index in [9.17, 15) is 9.18 Å². The maximum atomic E-state index is 13.0. The number of carbonyl (C=O) groups is 1. The normalized spacial score (nSPS) is 10.8. The smallest absolute Gasteiger partial charge is 0.250 e. The second kappa shape index (κ2) is 7.74. The molecule has 7 heteroatoms. The first kappa shape index (κ1) is 16.9. The van der Waals surface area contributed by atoms with Crippen LogP contribution in [0.4, 0.5) is 10.3 Å². The molecule has 0 atom stereocenters. The van der Waals surface area contributed by atoms with Crippen LogP contribution in [0.15, 0.2) is 47.1 Å². The van der Waals surface area contributed by atoms with Gasteiger partial charge in [0.15, 0.2) is 5.76 Å². The molecule has 0 spiro atoms. The third-order valence-electron chi connectivity index (χ3n) is 3.69. The van der Waals surface area contributed by atoms with Crippen LogP contribution in [0.25, 0.3) is 11.6 Å². The number of anilines is 1. The number of furan rings is 1. The Bertz CT molecular complexity index is 825. The number of hydrogen-bond donors (Lipinski definition) is 1. The van der Waals surface area contributed by atoms with Crippen molar-refractivity contribution in [2.45, 2.75) is 32.7 Å². The first-order valence-electron chi connectivity index (χ1n) is 8.20. The molecule has 0 radical (unpaired) electrons. The minimum Gasteiger partial charge on any atom is -0.461 e. The summed E-state index contributed by atoms with van der Waals surface area (Å²) in [6.07, 6.45) is 3.62. The number of rotatable bonds is 7. The number of nitrogens with one attached hydrogen (secondary N) is 1. The SMILES string of the molecule is CCCCC(=O)n1nc(-c2ccco2)nc1NCc1ccc(F)cc1. The lowest BCUT2D eigenvalue weighted by molar-refractivity contribution is 0.0886. The zero-order valence-corrected chi connectivity index (χ0v) is 13.9. The summed E-state index contributed by atoms with van der Waals surface area (Å²) in [5.74, 6) is 0.760. The summed E-state index contributed by atoms with van der Waals surface area (Å²) in [5, 5.41) is 7.36. The van der Waals surface area contributed by atoms with Gasteiger partial charge in [0.25, 0.3) is 0 Å². The number of aromatic nitrogens is 3. The van der Waals surface area contributed by atoms with Crippen LogP contribution < -0.4 is 5.32 Å². The lowest BCUT2D eigenvalue weighted by atomic mass is 10.2. The molecule has 3 rings (SSSR count). The first-order valence-corrected chi connectivity index (χ1v) is 8.20. The second-order valence-electron chi connectivity index (χ2n) is 5.63. The van der Waals surface area contributed by atoms with Gasteiger partial charge in [0, 0.05) is 13.0 Å². The quantitative estimate of drug-likeness (QED) is 0.699. The van der Waals surface area contributed by atoms with Gasteiger partial charge >= 0.3 is 0 Å². The Morgan fingerprint density at radius 1 is 1.28 bits per heavy atom. The summed E-state index contributed by atoms with van der Waals surface area (Å²) in [6, 6.07) is 9.61. The van der Waals surface area contributed by atoms with E-state index in [0.29, 0.717) is 30.5 Å². The Morgan fingerprint density at radius 3 is 2.76 bits per heavy atom. The first-order chi connectivity index (χ1) is 12.2. The van der Waals surface area contributed by atoms with Crippen LogP contribution in [0.3, 0.4) is 0 Å². The topological polar surface area (TPSA) is 73.0 Å². The fourth-order valence-corrected chi connectivity index (χ4v) is 2.33. The number of halogens is 1. The van der Waals surface area contributed by atoms with Crippen LogP contribution in [0.2, 0.25) is 0 Å². The van der Waals surface area contributed by atoms with E-state index in [2.05, 4.69) is 15.4 Å². The van der Waals surface area contributed by atoms with E-state index in [4.69, 9.17) is 4.42 Å². The van der Waals surface area contributed by atoms with Crippen LogP contribution in [-0.2, 0) is 6.54 Å². The fraction of sp³-hybridized carbons (Fsp3) is 0.278. The summed E-state index contributed by atoms with van der Waals surface area (Å²) >= 11 is 0. The Labute approximate surface area is 144 Å². The van der Waals surface area contributed by atoms with Crippen LogP contribution in [0.1, 0.15) is 36.5 Å². The van der Waals surface area contributed by atoms with Gasteiger partial charge in [-0.05, 0) is 36.2 Å². The van der Waals surface area contributed by atoms with Crippen molar-refractivity contribution in [2.24, 2.45) is 0 Å². The molecule has 0 bridgehead atoms. The molecule has 0 unspecified atom stereocenters. The molecular weight excluding hydrogens is 323 g/mol. The van der Waals surface area contributed by atoms with Crippen LogP contribution in [0.5, 0.6) is 0 Å². The monoisotopic (exact) mass is 342 g/mol. The molecule has 1 N–H and O–H groups in total. The molecule has 0 fully saturated rings. The predicted molar refractivity (Wildman–Crippen MR) is 91.6 cm³/mol. The summed E-state index contributed by atoms with van der Waals surface area (Å²) in [4.78, 5) is 16.8. The average Bonchev–Trinajstić information content (AvgIpc) is 3.28. The molecule has 0 amide bonds. The van der Waals surface area contributed by atoms with E-state index in [1.807, 2.05) is 6.92 Å². The Hall–Kier alpha value is -2.96. The third-order valence-corrected chi connectivity index (χ3v) is 3.69. The number of benzene rings is 1. The summed E-state index contributed by atoms with van der Waals surface area (Å²) in [6.45, 7) is 2.42. The number of nitrogens with zero attached hydrogens (tertiary/aromatic N) is 3. The lowest BCUT2D eigenvalue weighted by Crippen LogP contribution is -2.16. The molecule has 0 saturated heterocycles. The van der Waals surface area contributed by atoms with Crippen molar-refractivity contribution in [1.82, 2.24) is 14.8 Å². The Balaban J connectivity index is 1.82. The highest BCUT2D eigenvalue weighted by atomic mass is 19.1. The van der Waals surface area contributed by atoms with E-state index < -0.39 is 0 Å². The van der Waals surface area contributed by atoms with E-state index >= 15 is 0 Å². The molecule has 130 valence electrons. The van der Waals surface area contributed by atoms with E-state index in [1.165, 1.54) is 23.1 Å². The maximum absolute atomic E-state index is 13.0. The largest absolute Gasteiger partial charge is 0.461 e. The van der Waals surface area contributed by atoms with Crippen molar-refractivity contribution in [1.29, 1.82) is 0 Å². The zero-order chi connectivity index (χ0) is 17.6. The number of unbranched alkanes of at least 4 members (excludes halogenated alkanes) is 1. The van der Waals surface area contributed by atoms with E-state index in [0.717, 1.165) is 18.4 Å². The molecule has 3 aromatic rings. The predicted octanol–water partition coefficient (Wildman–Crippen LogP) is 4.12. The van der Waals surface area contributed by atoms with Gasteiger partial charge < -0.3 is 9.73 Å². The standard InChI is InChI=1S/C18H19FN4O2/c1-2-3-6-16(24)23-18(20-12-13-7-9-14(19)10-8-13)21-17(22-23)15-5-4-11-25-15/h4-5,7-11H,2-3,6,12H2,1H3,(H,20,21,22). The molecule has 6 nitrogen and oxygen atoms in total. The van der Waals surface area contributed by atoms with Crippen LogP contribution >= 0.6 is 0 Å². The minimum absolute atomic E-state index is 0.131.